The van der Waals surface area contributed by atoms with E-state index in [9.17, 15) is 0 Å². The zero-order valence-electron chi connectivity index (χ0n) is 18.1. The van der Waals surface area contributed by atoms with Crippen molar-refractivity contribution in [1.29, 1.82) is 0 Å². The number of nitrogens with one attached hydrogen (secondary N) is 1. The van der Waals surface area contributed by atoms with Gasteiger partial charge in [-0.1, -0.05) is 0 Å². The molecule has 0 aliphatic carbocycles. The number of morpholine rings is 1. The smallest absolute Gasteiger partial charge is 0.0945 e. The first kappa shape index (κ1) is 21.2. The van der Waals surface area contributed by atoms with Crippen molar-refractivity contribution in [3.05, 3.63) is 18.7 Å². The lowest BCUT2D eigenvalue weighted by atomic mass is 9.89. The van der Waals surface area contributed by atoms with Gasteiger partial charge in [-0.2, -0.15) is 0 Å². The van der Waals surface area contributed by atoms with E-state index in [0.29, 0.717) is 0 Å². The maximum Gasteiger partial charge on any atom is 0.0945 e. The van der Waals surface area contributed by atoms with E-state index in [-0.39, 0.29) is 5.54 Å². The molecule has 0 bridgehead atoms. The van der Waals surface area contributed by atoms with Crippen LogP contribution in [-0.4, -0.2) is 133 Å². The van der Waals surface area contributed by atoms with Gasteiger partial charge in [-0.3, -0.25) is 14.7 Å². The van der Waals surface area contributed by atoms with Crippen molar-refractivity contribution in [3.63, 3.8) is 0 Å². The summed E-state index contributed by atoms with van der Waals surface area (Å²) in [5.41, 5.74) is 0.154. The van der Waals surface area contributed by atoms with Crippen molar-refractivity contribution in [1.82, 2.24) is 34.5 Å². The molecule has 8 heteroatoms. The Kier molecular flexibility index (Phi) is 7.55. The molecule has 1 N–H and O–H groups in total. The lowest BCUT2D eigenvalue weighted by molar-refractivity contribution is -0.0587. The molecule has 3 aliphatic heterocycles. The number of ether oxygens (including phenoxy) is 1. The Bertz CT molecular complexity index is 578. The van der Waals surface area contributed by atoms with Gasteiger partial charge in [0.2, 0.25) is 0 Å². The molecule has 0 saturated carbocycles. The Morgan fingerprint density at radius 1 is 0.931 bits per heavy atom. The van der Waals surface area contributed by atoms with Gasteiger partial charge in [-0.25, -0.2) is 4.98 Å². The van der Waals surface area contributed by atoms with E-state index in [0.717, 1.165) is 78.5 Å². The highest BCUT2D eigenvalue weighted by Crippen LogP contribution is 2.27. The first-order valence-electron chi connectivity index (χ1n) is 11.4. The van der Waals surface area contributed by atoms with Gasteiger partial charge in [0, 0.05) is 103 Å². The van der Waals surface area contributed by atoms with Gasteiger partial charge in [0.15, 0.2) is 0 Å². The first-order valence-corrected chi connectivity index (χ1v) is 11.4. The van der Waals surface area contributed by atoms with Gasteiger partial charge in [0.25, 0.3) is 0 Å². The summed E-state index contributed by atoms with van der Waals surface area (Å²) in [6, 6.07) is 0. The first-order chi connectivity index (χ1) is 14.2. The average molecular weight is 406 g/mol. The average Bonchev–Trinajstić information content (AvgIpc) is 3.29. The third-order valence-electron chi connectivity index (χ3n) is 6.92. The molecule has 0 radical (unpaired) electrons. The van der Waals surface area contributed by atoms with Gasteiger partial charge in [0.1, 0.15) is 0 Å². The fourth-order valence-electron chi connectivity index (χ4n) is 5.07. The van der Waals surface area contributed by atoms with E-state index >= 15 is 0 Å². The van der Waals surface area contributed by atoms with Gasteiger partial charge in [0.05, 0.1) is 19.5 Å². The summed E-state index contributed by atoms with van der Waals surface area (Å²) in [6.07, 6.45) is 7.11. The Balaban J connectivity index is 1.54. The summed E-state index contributed by atoms with van der Waals surface area (Å²) < 4.78 is 7.99. The standard InChI is InChI=1S/C21H39N7O/c1-24-10-12-26(13-11-24)19-21(28-14-16-29-17-15-28,2-6-27-9-5-23-20-27)18-25-7-3-22-4-8-25/h5,9,20,22H,2-4,6-8,10-19H2,1H3. The molecule has 29 heavy (non-hydrogen) atoms. The zero-order valence-corrected chi connectivity index (χ0v) is 18.1. The summed E-state index contributed by atoms with van der Waals surface area (Å²) in [7, 11) is 2.24. The van der Waals surface area contributed by atoms with Crippen LogP contribution in [0.15, 0.2) is 18.7 Å². The molecule has 3 fully saturated rings. The topological polar surface area (TPSA) is 52.0 Å². The lowest BCUT2D eigenvalue weighted by Gasteiger charge is -2.51. The molecule has 1 atom stereocenters. The molecule has 0 amide bonds. The number of nitrogens with zero attached hydrogens (tertiary/aromatic N) is 6. The van der Waals surface area contributed by atoms with Gasteiger partial charge < -0.3 is 19.5 Å². The van der Waals surface area contributed by atoms with Crippen LogP contribution in [0.5, 0.6) is 0 Å². The van der Waals surface area contributed by atoms with Crippen molar-refractivity contribution < 1.29 is 4.74 Å². The van der Waals surface area contributed by atoms with Crippen molar-refractivity contribution in [2.75, 3.05) is 98.8 Å². The number of piperazine rings is 2. The number of likely N-dealkylation sites (N-methyl/N-ethyl adjacent to an activating group) is 1. The van der Waals surface area contributed by atoms with Crippen LogP contribution in [0.3, 0.4) is 0 Å². The second kappa shape index (κ2) is 10.3. The summed E-state index contributed by atoms with van der Waals surface area (Å²) in [4.78, 5) is 14.9. The van der Waals surface area contributed by atoms with Crippen LogP contribution in [0.1, 0.15) is 6.42 Å². The quantitative estimate of drug-likeness (QED) is 0.626. The van der Waals surface area contributed by atoms with Crippen LogP contribution in [0, 0.1) is 0 Å². The molecule has 8 nitrogen and oxygen atoms in total. The van der Waals surface area contributed by atoms with E-state index < -0.39 is 0 Å². The summed E-state index contributed by atoms with van der Waals surface area (Å²) in [6.45, 7) is 16.4. The highest BCUT2D eigenvalue weighted by Gasteiger charge is 2.41. The van der Waals surface area contributed by atoms with Gasteiger partial charge in [-0.15, -0.1) is 0 Å². The Hall–Kier alpha value is -1.03. The number of rotatable bonds is 8. The van der Waals surface area contributed by atoms with E-state index in [1.165, 1.54) is 26.2 Å². The molecule has 4 rings (SSSR count). The molecular weight excluding hydrogens is 366 g/mol. The largest absolute Gasteiger partial charge is 0.379 e. The molecule has 3 aliphatic rings. The third kappa shape index (κ3) is 5.77. The van der Waals surface area contributed by atoms with Crippen LogP contribution in [0.2, 0.25) is 0 Å². The van der Waals surface area contributed by atoms with Crippen molar-refractivity contribution in [3.8, 4) is 0 Å². The molecule has 4 heterocycles. The van der Waals surface area contributed by atoms with Crippen LogP contribution >= 0.6 is 0 Å². The minimum atomic E-state index is 0.154. The summed E-state index contributed by atoms with van der Waals surface area (Å²) >= 11 is 0. The second-order valence-corrected chi connectivity index (χ2v) is 8.98. The molecule has 1 unspecified atom stereocenters. The minimum Gasteiger partial charge on any atom is -0.379 e. The molecule has 1 aromatic heterocycles. The van der Waals surface area contributed by atoms with Gasteiger partial charge in [-0.05, 0) is 13.5 Å². The van der Waals surface area contributed by atoms with E-state index in [1.54, 1.807) is 0 Å². The van der Waals surface area contributed by atoms with Crippen LogP contribution in [0.4, 0.5) is 0 Å². The monoisotopic (exact) mass is 405 g/mol. The molecule has 3 saturated heterocycles. The van der Waals surface area contributed by atoms with Crippen LogP contribution in [-0.2, 0) is 11.3 Å². The molecule has 0 spiro atoms. The molecule has 1 aromatic rings. The normalized spacial score (nSPS) is 25.8. The fraction of sp³-hybridized carbons (Fsp3) is 0.857. The summed E-state index contributed by atoms with van der Waals surface area (Å²) in [5.74, 6) is 0. The Labute approximate surface area is 175 Å². The van der Waals surface area contributed by atoms with Crippen molar-refractivity contribution >= 4 is 0 Å². The Morgan fingerprint density at radius 3 is 2.28 bits per heavy atom. The maximum atomic E-state index is 5.74. The fourth-order valence-corrected chi connectivity index (χ4v) is 5.07. The third-order valence-corrected chi connectivity index (χ3v) is 6.92. The van der Waals surface area contributed by atoms with Crippen LogP contribution in [0.25, 0.3) is 0 Å². The second-order valence-electron chi connectivity index (χ2n) is 8.98. The van der Waals surface area contributed by atoms with E-state index in [1.807, 2.05) is 12.5 Å². The number of aromatic nitrogens is 2. The van der Waals surface area contributed by atoms with E-state index in [4.69, 9.17) is 4.74 Å². The Morgan fingerprint density at radius 2 is 1.62 bits per heavy atom. The highest BCUT2D eigenvalue weighted by atomic mass is 16.5. The minimum absolute atomic E-state index is 0.154. The van der Waals surface area contributed by atoms with Gasteiger partial charge >= 0.3 is 0 Å². The van der Waals surface area contributed by atoms with Crippen LogP contribution < -0.4 is 5.32 Å². The van der Waals surface area contributed by atoms with Crippen molar-refractivity contribution in [2.45, 2.75) is 18.5 Å². The van der Waals surface area contributed by atoms with Crippen molar-refractivity contribution in [2.24, 2.45) is 0 Å². The summed E-state index contributed by atoms with van der Waals surface area (Å²) in [5, 5.41) is 3.52. The predicted octanol–water partition coefficient (Wildman–Crippen LogP) is -0.503. The number of hydrogen-bond donors (Lipinski definition) is 1. The maximum absolute atomic E-state index is 5.74. The SMILES string of the molecule is CN1CCN(CC(CCn2ccnc2)(CN2CCNCC2)N2CCOCC2)CC1. The lowest BCUT2D eigenvalue weighted by Crippen LogP contribution is -2.66. The number of hydrogen-bond acceptors (Lipinski definition) is 7. The van der Waals surface area contributed by atoms with E-state index in [2.05, 4.69) is 47.7 Å². The number of aryl methyl sites for hydroxylation is 1. The molecule has 0 aromatic carbocycles. The molecule has 164 valence electrons. The highest BCUT2D eigenvalue weighted by molar-refractivity contribution is 4.99. The molecular formula is C21H39N7O. The number of imidazole rings is 1. The predicted molar refractivity (Wildman–Crippen MR) is 115 cm³/mol. The zero-order chi connectivity index (χ0) is 19.9.